The van der Waals surface area contributed by atoms with Crippen molar-refractivity contribution in [3.63, 3.8) is 0 Å². The minimum absolute atomic E-state index is 0.0905. The second kappa shape index (κ2) is 6.40. The van der Waals surface area contributed by atoms with Crippen LogP contribution in [0, 0.1) is 0 Å². The van der Waals surface area contributed by atoms with E-state index in [-0.39, 0.29) is 24.0 Å². The van der Waals surface area contributed by atoms with Crippen LogP contribution in [0.5, 0.6) is 0 Å². The normalized spacial score (nSPS) is 15.1. The molecular weight excluding hydrogens is 281 g/mol. The van der Waals surface area contributed by atoms with Crippen LogP contribution in [-0.4, -0.2) is 28.4 Å². The summed E-state index contributed by atoms with van der Waals surface area (Å²) >= 11 is 3.87. The second-order valence-electron chi connectivity index (χ2n) is 3.99. The van der Waals surface area contributed by atoms with Gasteiger partial charge in [0, 0.05) is 5.56 Å². The average molecular weight is 294 g/mol. The molecular formula is C12H13F3O3S. The number of carbonyl (C=O) groups excluding carboxylic acids is 1. The topological polar surface area (TPSA) is 57.5 Å². The lowest BCUT2D eigenvalue weighted by Gasteiger charge is -2.19. The summed E-state index contributed by atoms with van der Waals surface area (Å²) in [6.45, 7) is 0. The maximum Gasteiger partial charge on any atom is 0.417 e. The van der Waals surface area contributed by atoms with Crippen molar-refractivity contribution in [1.82, 2.24) is 0 Å². The Labute approximate surface area is 113 Å². The zero-order valence-electron chi connectivity index (χ0n) is 9.76. The van der Waals surface area contributed by atoms with Crippen LogP contribution in [0.4, 0.5) is 13.2 Å². The summed E-state index contributed by atoms with van der Waals surface area (Å²) in [5, 5.41) is 19.3. The fourth-order valence-corrected chi connectivity index (χ4v) is 1.88. The summed E-state index contributed by atoms with van der Waals surface area (Å²) in [4.78, 5) is 10.6. The highest BCUT2D eigenvalue weighted by molar-refractivity contribution is 7.80. The molecule has 0 heterocycles. The van der Waals surface area contributed by atoms with E-state index in [4.69, 9.17) is 0 Å². The SMILES string of the molecule is O=Cc1ccc(C(O)C(O)CCS)cc1C(F)(F)F. The lowest BCUT2D eigenvalue weighted by molar-refractivity contribution is -0.138. The lowest BCUT2D eigenvalue weighted by atomic mass is 9.97. The molecule has 1 rings (SSSR count). The molecule has 0 aliphatic heterocycles. The third-order valence-corrected chi connectivity index (χ3v) is 2.90. The van der Waals surface area contributed by atoms with Crippen molar-refractivity contribution in [3.05, 3.63) is 34.9 Å². The molecule has 2 N–H and O–H groups in total. The summed E-state index contributed by atoms with van der Waals surface area (Å²) < 4.78 is 38.1. The number of thiol groups is 1. The summed E-state index contributed by atoms with van der Waals surface area (Å²) in [5.41, 5.74) is -1.73. The van der Waals surface area contributed by atoms with Gasteiger partial charge in [0.05, 0.1) is 11.7 Å². The van der Waals surface area contributed by atoms with E-state index >= 15 is 0 Å². The molecule has 0 spiro atoms. The zero-order chi connectivity index (χ0) is 14.6. The van der Waals surface area contributed by atoms with Gasteiger partial charge in [0.2, 0.25) is 0 Å². The predicted molar refractivity (Wildman–Crippen MR) is 66.3 cm³/mol. The van der Waals surface area contributed by atoms with Crippen LogP contribution in [0.2, 0.25) is 0 Å². The van der Waals surface area contributed by atoms with E-state index in [2.05, 4.69) is 12.6 Å². The van der Waals surface area contributed by atoms with Crippen molar-refractivity contribution in [2.45, 2.75) is 24.8 Å². The maximum atomic E-state index is 12.7. The van der Waals surface area contributed by atoms with Crippen molar-refractivity contribution < 1.29 is 28.2 Å². The van der Waals surface area contributed by atoms with Gasteiger partial charge in [-0.15, -0.1) is 0 Å². The van der Waals surface area contributed by atoms with Crippen LogP contribution < -0.4 is 0 Å². The first-order valence-electron chi connectivity index (χ1n) is 5.44. The van der Waals surface area contributed by atoms with Crippen molar-refractivity contribution >= 4 is 18.9 Å². The predicted octanol–water partition coefficient (Wildman–Crippen LogP) is 2.23. The lowest BCUT2D eigenvalue weighted by Crippen LogP contribution is -2.20. The molecule has 0 aliphatic carbocycles. The van der Waals surface area contributed by atoms with Gasteiger partial charge >= 0.3 is 6.18 Å². The number of aliphatic hydroxyl groups is 2. The highest BCUT2D eigenvalue weighted by Crippen LogP contribution is 2.33. The summed E-state index contributed by atoms with van der Waals surface area (Å²) in [7, 11) is 0. The molecule has 0 saturated heterocycles. The van der Waals surface area contributed by atoms with Gasteiger partial charge in [0.25, 0.3) is 0 Å². The molecule has 0 bridgehead atoms. The molecule has 2 unspecified atom stereocenters. The molecule has 1 aromatic rings. The summed E-state index contributed by atoms with van der Waals surface area (Å²) in [5.74, 6) is 0.288. The minimum atomic E-state index is -4.69. The van der Waals surface area contributed by atoms with Crippen LogP contribution in [0.15, 0.2) is 18.2 Å². The molecule has 0 aliphatic rings. The van der Waals surface area contributed by atoms with E-state index in [0.717, 1.165) is 6.07 Å². The van der Waals surface area contributed by atoms with E-state index in [1.54, 1.807) is 0 Å². The Morgan fingerprint density at radius 2 is 1.95 bits per heavy atom. The fourth-order valence-electron chi connectivity index (χ4n) is 1.62. The monoisotopic (exact) mass is 294 g/mol. The molecule has 0 fully saturated rings. The van der Waals surface area contributed by atoms with Gasteiger partial charge in [-0.2, -0.15) is 25.8 Å². The number of halogens is 3. The van der Waals surface area contributed by atoms with Crippen LogP contribution >= 0.6 is 12.6 Å². The molecule has 2 atom stereocenters. The van der Waals surface area contributed by atoms with Crippen LogP contribution in [0.3, 0.4) is 0 Å². The Kier molecular flexibility index (Phi) is 5.39. The largest absolute Gasteiger partial charge is 0.417 e. The van der Waals surface area contributed by atoms with Crippen molar-refractivity contribution in [3.8, 4) is 0 Å². The number of alkyl halides is 3. The third-order valence-electron chi connectivity index (χ3n) is 2.64. The number of hydrogen-bond acceptors (Lipinski definition) is 4. The first-order valence-corrected chi connectivity index (χ1v) is 6.07. The third kappa shape index (κ3) is 3.95. The van der Waals surface area contributed by atoms with Crippen LogP contribution in [0.25, 0.3) is 0 Å². The van der Waals surface area contributed by atoms with Gasteiger partial charge in [0.15, 0.2) is 6.29 Å². The summed E-state index contributed by atoms with van der Waals surface area (Å²) in [6.07, 6.45) is -7.11. The molecule has 7 heteroatoms. The van der Waals surface area contributed by atoms with E-state index in [1.807, 2.05) is 0 Å². The minimum Gasteiger partial charge on any atom is -0.390 e. The molecule has 1 aromatic carbocycles. The van der Waals surface area contributed by atoms with Gasteiger partial charge in [-0.25, -0.2) is 0 Å². The number of hydrogen-bond donors (Lipinski definition) is 3. The highest BCUT2D eigenvalue weighted by Gasteiger charge is 2.34. The summed E-state index contributed by atoms with van der Waals surface area (Å²) in [6, 6.07) is 2.84. The number of benzene rings is 1. The highest BCUT2D eigenvalue weighted by atomic mass is 32.1. The zero-order valence-corrected chi connectivity index (χ0v) is 10.7. The number of aliphatic hydroxyl groups excluding tert-OH is 2. The van der Waals surface area contributed by atoms with Crippen molar-refractivity contribution in [1.29, 1.82) is 0 Å². The second-order valence-corrected chi connectivity index (χ2v) is 4.43. The van der Waals surface area contributed by atoms with Gasteiger partial charge < -0.3 is 10.2 Å². The van der Waals surface area contributed by atoms with Crippen molar-refractivity contribution in [2.24, 2.45) is 0 Å². The standard InChI is InChI=1S/C12H13F3O3S/c13-12(14,15)9-5-7(1-2-8(9)6-16)11(18)10(17)3-4-19/h1-2,5-6,10-11,17-19H,3-4H2. The van der Waals surface area contributed by atoms with Gasteiger partial charge in [-0.1, -0.05) is 12.1 Å². The van der Waals surface area contributed by atoms with E-state index in [0.29, 0.717) is 6.07 Å². The van der Waals surface area contributed by atoms with Gasteiger partial charge in [-0.3, -0.25) is 4.79 Å². The first kappa shape index (κ1) is 16.0. The van der Waals surface area contributed by atoms with E-state index in [1.165, 1.54) is 6.07 Å². The Morgan fingerprint density at radius 3 is 2.42 bits per heavy atom. The average Bonchev–Trinajstić information content (AvgIpc) is 2.36. The molecule has 0 aromatic heterocycles. The van der Waals surface area contributed by atoms with E-state index in [9.17, 15) is 28.2 Å². The number of aldehydes is 1. The Hall–Kier alpha value is -1.05. The maximum absolute atomic E-state index is 12.7. The van der Waals surface area contributed by atoms with Gasteiger partial charge in [-0.05, 0) is 23.8 Å². The molecule has 0 amide bonds. The molecule has 0 saturated carbocycles. The molecule has 106 valence electrons. The quantitative estimate of drug-likeness (QED) is 0.576. The smallest absolute Gasteiger partial charge is 0.390 e. The van der Waals surface area contributed by atoms with E-state index < -0.39 is 29.5 Å². The fraction of sp³-hybridized carbons (Fsp3) is 0.417. The van der Waals surface area contributed by atoms with Gasteiger partial charge in [0.1, 0.15) is 6.10 Å². The number of carbonyl (C=O) groups is 1. The Bertz CT molecular complexity index is 448. The molecule has 3 nitrogen and oxygen atoms in total. The Balaban J connectivity index is 3.15. The Morgan fingerprint density at radius 1 is 1.32 bits per heavy atom. The first-order chi connectivity index (χ1) is 8.81. The van der Waals surface area contributed by atoms with Crippen LogP contribution in [-0.2, 0) is 6.18 Å². The van der Waals surface area contributed by atoms with Crippen molar-refractivity contribution in [2.75, 3.05) is 5.75 Å². The molecule has 19 heavy (non-hydrogen) atoms. The molecule has 0 radical (unpaired) electrons. The number of rotatable bonds is 5. The van der Waals surface area contributed by atoms with Crippen LogP contribution in [0.1, 0.15) is 34.0 Å².